The molecular weight excluding hydrogens is 289 g/mol. The first-order chi connectivity index (χ1) is 9.52. The first-order valence-corrected chi connectivity index (χ1v) is 6.04. The van der Waals surface area contributed by atoms with Crippen molar-refractivity contribution in [2.45, 2.75) is 26.1 Å². The van der Waals surface area contributed by atoms with Gasteiger partial charge < -0.3 is 16.2 Å². The molecule has 0 heterocycles. The van der Waals surface area contributed by atoms with Crippen molar-refractivity contribution in [2.24, 2.45) is 11.7 Å². The maximum Gasteiger partial charge on any atom is 0.416 e. The number of hydrogen-bond acceptors (Lipinski definition) is 3. The number of amides is 1. The van der Waals surface area contributed by atoms with E-state index in [1.54, 1.807) is 13.8 Å². The summed E-state index contributed by atoms with van der Waals surface area (Å²) in [4.78, 5) is 22.6. The van der Waals surface area contributed by atoms with Crippen LogP contribution in [0.1, 0.15) is 29.8 Å². The summed E-state index contributed by atoms with van der Waals surface area (Å²) in [5.74, 6) is -2.42. The first kappa shape index (κ1) is 17.0. The van der Waals surface area contributed by atoms with E-state index in [0.717, 1.165) is 6.07 Å². The van der Waals surface area contributed by atoms with Gasteiger partial charge in [0.1, 0.15) is 0 Å². The van der Waals surface area contributed by atoms with Gasteiger partial charge in [0.05, 0.1) is 17.2 Å². The van der Waals surface area contributed by atoms with Crippen LogP contribution in [0.5, 0.6) is 0 Å². The minimum Gasteiger partial charge on any atom is -0.478 e. The Labute approximate surface area is 118 Å². The zero-order chi connectivity index (χ0) is 16.4. The van der Waals surface area contributed by atoms with E-state index in [4.69, 9.17) is 10.8 Å². The van der Waals surface area contributed by atoms with Crippen molar-refractivity contribution in [3.8, 4) is 0 Å². The first-order valence-electron chi connectivity index (χ1n) is 6.04. The van der Waals surface area contributed by atoms with Crippen LogP contribution in [0.25, 0.3) is 0 Å². The molecule has 0 unspecified atom stereocenters. The quantitative estimate of drug-likeness (QED) is 0.796. The molecule has 0 bridgehead atoms. The highest BCUT2D eigenvalue weighted by Crippen LogP contribution is 2.32. The molecule has 4 N–H and O–H groups in total. The minimum atomic E-state index is -4.72. The van der Waals surface area contributed by atoms with Crippen LogP contribution in [-0.2, 0) is 11.0 Å². The van der Waals surface area contributed by atoms with Crippen molar-refractivity contribution < 1.29 is 27.9 Å². The lowest BCUT2D eigenvalue weighted by Crippen LogP contribution is -2.39. The predicted octanol–water partition coefficient (Wildman–Crippen LogP) is 2.33. The summed E-state index contributed by atoms with van der Waals surface area (Å²) >= 11 is 0. The van der Waals surface area contributed by atoms with Gasteiger partial charge >= 0.3 is 12.1 Å². The third-order valence-corrected chi connectivity index (χ3v) is 2.80. The number of nitrogens with one attached hydrogen (secondary N) is 1. The summed E-state index contributed by atoms with van der Waals surface area (Å²) < 4.78 is 38.1. The van der Waals surface area contributed by atoms with Crippen LogP contribution in [0.4, 0.5) is 18.9 Å². The van der Waals surface area contributed by atoms with Gasteiger partial charge in [0.25, 0.3) is 0 Å². The van der Waals surface area contributed by atoms with E-state index in [2.05, 4.69) is 5.32 Å². The summed E-state index contributed by atoms with van der Waals surface area (Å²) in [5, 5.41) is 11.0. The van der Waals surface area contributed by atoms with E-state index in [1.165, 1.54) is 0 Å². The number of aromatic carboxylic acids is 1. The van der Waals surface area contributed by atoms with E-state index >= 15 is 0 Å². The van der Waals surface area contributed by atoms with E-state index < -0.39 is 35.2 Å². The fourth-order valence-corrected chi connectivity index (χ4v) is 1.52. The Hall–Kier alpha value is -2.09. The largest absolute Gasteiger partial charge is 0.478 e. The fraction of sp³-hybridized carbons (Fsp3) is 0.385. The monoisotopic (exact) mass is 304 g/mol. The molecular formula is C13H15F3N2O3. The van der Waals surface area contributed by atoms with Gasteiger partial charge in [0, 0.05) is 5.69 Å². The van der Waals surface area contributed by atoms with Gasteiger partial charge in [-0.1, -0.05) is 13.8 Å². The predicted molar refractivity (Wildman–Crippen MR) is 69.8 cm³/mol. The number of nitrogens with two attached hydrogens (primary N) is 1. The zero-order valence-electron chi connectivity index (χ0n) is 11.4. The molecule has 1 amide bonds. The molecule has 1 aromatic rings. The Morgan fingerprint density at radius 1 is 1.24 bits per heavy atom. The molecule has 1 rings (SSSR count). The average molecular weight is 304 g/mol. The standard InChI is InChI=1S/C13H15F3N2O3/c1-6(2)10(17)11(19)18-9-4-7(12(20)21)3-8(5-9)13(14,15)16/h3-6,10H,17H2,1-2H3,(H,18,19)(H,20,21)/t10-/m1/s1. The van der Waals surface area contributed by atoms with Gasteiger partial charge in [-0.15, -0.1) is 0 Å². The van der Waals surface area contributed by atoms with E-state index in [1.807, 2.05) is 0 Å². The Balaban J connectivity index is 3.15. The molecule has 1 aromatic carbocycles. The Morgan fingerprint density at radius 2 is 1.81 bits per heavy atom. The molecule has 5 nitrogen and oxygen atoms in total. The van der Waals surface area contributed by atoms with Crippen molar-refractivity contribution in [2.75, 3.05) is 5.32 Å². The minimum absolute atomic E-state index is 0.213. The van der Waals surface area contributed by atoms with Crippen molar-refractivity contribution in [3.63, 3.8) is 0 Å². The molecule has 0 fully saturated rings. The Bertz CT molecular complexity index is 556. The summed E-state index contributed by atoms with van der Waals surface area (Å²) in [7, 11) is 0. The number of rotatable bonds is 4. The SMILES string of the molecule is CC(C)[C@@H](N)C(=O)Nc1cc(C(=O)O)cc(C(F)(F)F)c1. The molecule has 116 valence electrons. The normalized spacial score (nSPS) is 13.1. The number of alkyl halides is 3. The number of carboxylic acids is 1. The van der Waals surface area contributed by atoms with Crippen LogP contribution < -0.4 is 11.1 Å². The van der Waals surface area contributed by atoms with Gasteiger partial charge in [-0.3, -0.25) is 4.79 Å². The van der Waals surface area contributed by atoms with Crippen LogP contribution in [0.3, 0.4) is 0 Å². The average Bonchev–Trinajstić information content (AvgIpc) is 2.36. The lowest BCUT2D eigenvalue weighted by Gasteiger charge is -2.16. The van der Waals surface area contributed by atoms with Gasteiger partial charge in [0.2, 0.25) is 5.91 Å². The highest BCUT2D eigenvalue weighted by Gasteiger charge is 2.32. The van der Waals surface area contributed by atoms with Crippen molar-refractivity contribution in [3.05, 3.63) is 29.3 Å². The Morgan fingerprint density at radius 3 is 2.24 bits per heavy atom. The molecule has 0 aliphatic rings. The van der Waals surface area contributed by atoms with Crippen molar-refractivity contribution >= 4 is 17.6 Å². The summed E-state index contributed by atoms with van der Waals surface area (Å²) in [6.45, 7) is 3.36. The molecule has 8 heteroatoms. The van der Waals surface area contributed by atoms with E-state index in [0.29, 0.717) is 12.1 Å². The van der Waals surface area contributed by atoms with Crippen LogP contribution in [0.2, 0.25) is 0 Å². The third kappa shape index (κ3) is 4.45. The third-order valence-electron chi connectivity index (χ3n) is 2.80. The highest BCUT2D eigenvalue weighted by atomic mass is 19.4. The lowest BCUT2D eigenvalue weighted by molar-refractivity contribution is -0.137. The molecule has 0 spiro atoms. The van der Waals surface area contributed by atoms with E-state index in [-0.39, 0.29) is 11.6 Å². The second-order valence-electron chi connectivity index (χ2n) is 4.86. The van der Waals surface area contributed by atoms with Crippen LogP contribution >= 0.6 is 0 Å². The molecule has 0 saturated heterocycles. The van der Waals surface area contributed by atoms with Crippen LogP contribution in [0, 0.1) is 5.92 Å². The summed E-state index contributed by atoms with van der Waals surface area (Å²) in [5.41, 5.74) is 3.59. The maximum atomic E-state index is 12.7. The molecule has 0 radical (unpaired) electrons. The number of benzene rings is 1. The second-order valence-corrected chi connectivity index (χ2v) is 4.86. The number of halogens is 3. The number of carboxylic acid groups (broad SMARTS) is 1. The number of carbonyl (C=O) groups is 2. The smallest absolute Gasteiger partial charge is 0.416 e. The lowest BCUT2D eigenvalue weighted by atomic mass is 10.0. The maximum absolute atomic E-state index is 12.7. The van der Waals surface area contributed by atoms with Crippen LogP contribution in [-0.4, -0.2) is 23.0 Å². The van der Waals surface area contributed by atoms with Gasteiger partial charge in [-0.05, 0) is 24.1 Å². The Kier molecular flexibility index (Phi) is 4.95. The van der Waals surface area contributed by atoms with Gasteiger partial charge in [0.15, 0.2) is 0 Å². The second kappa shape index (κ2) is 6.13. The number of hydrogen-bond donors (Lipinski definition) is 3. The summed E-state index contributed by atoms with van der Waals surface area (Å²) in [6, 6.07) is 1.20. The van der Waals surface area contributed by atoms with Crippen LogP contribution in [0.15, 0.2) is 18.2 Å². The molecule has 21 heavy (non-hydrogen) atoms. The molecule has 0 saturated carbocycles. The summed E-state index contributed by atoms with van der Waals surface area (Å²) in [6.07, 6.45) is -4.72. The number of carbonyl (C=O) groups excluding carboxylic acids is 1. The van der Waals surface area contributed by atoms with E-state index in [9.17, 15) is 22.8 Å². The van der Waals surface area contributed by atoms with Gasteiger partial charge in [-0.25, -0.2) is 4.79 Å². The molecule has 0 aliphatic carbocycles. The molecule has 1 atom stereocenters. The van der Waals surface area contributed by atoms with Gasteiger partial charge in [-0.2, -0.15) is 13.2 Å². The zero-order valence-corrected chi connectivity index (χ0v) is 11.4. The molecule has 0 aromatic heterocycles. The fourth-order valence-electron chi connectivity index (χ4n) is 1.52. The van der Waals surface area contributed by atoms with Crippen molar-refractivity contribution in [1.29, 1.82) is 0 Å². The molecule has 0 aliphatic heterocycles. The number of anilines is 1. The topological polar surface area (TPSA) is 92.4 Å². The highest BCUT2D eigenvalue weighted by molar-refractivity contribution is 5.96. The van der Waals surface area contributed by atoms with Crippen molar-refractivity contribution in [1.82, 2.24) is 0 Å².